The monoisotopic (exact) mass is 522 g/mol. The van der Waals surface area contributed by atoms with Gasteiger partial charge in [0.2, 0.25) is 10.0 Å². The molecule has 190 valence electrons. The number of piperazine rings is 1. The summed E-state index contributed by atoms with van der Waals surface area (Å²) in [5.74, 6) is -0.304. The number of likely N-dealkylation sites (tertiary alicyclic amines) is 1. The average Bonchev–Trinajstić information content (AvgIpc) is 2.79. The van der Waals surface area contributed by atoms with Crippen LogP contribution in [-0.2, 0) is 19.6 Å². The van der Waals surface area contributed by atoms with Gasteiger partial charge >= 0.3 is 6.09 Å². The average molecular weight is 523 g/mol. The summed E-state index contributed by atoms with van der Waals surface area (Å²) in [5, 5.41) is 3.69. The van der Waals surface area contributed by atoms with Crippen molar-refractivity contribution in [2.24, 2.45) is 0 Å². The number of carbonyl (C=O) groups is 2. The van der Waals surface area contributed by atoms with Crippen molar-refractivity contribution >= 4 is 44.4 Å². The first-order chi connectivity index (χ1) is 16.4. The number of hydrogen-bond acceptors (Lipinski definition) is 6. The number of carbonyl (C=O) groups excluding carboxylic acids is 2. The molecule has 2 amide bonds. The number of benzene rings is 2. The van der Waals surface area contributed by atoms with E-state index < -0.39 is 15.6 Å². The Hall–Kier alpha value is -2.40. The lowest BCUT2D eigenvalue weighted by molar-refractivity contribution is -0.138. The molecule has 11 heteroatoms. The predicted molar refractivity (Wildman–Crippen MR) is 133 cm³/mol. The lowest BCUT2D eigenvalue weighted by Gasteiger charge is -2.39. The van der Waals surface area contributed by atoms with Crippen LogP contribution in [0, 0.1) is 0 Å². The minimum absolute atomic E-state index is 0.0214. The van der Waals surface area contributed by atoms with Crippen LogP contribution < -0.4 is 5.43 Å². The zero-order valence-corrected chi connectivity index (χ0v) is 21.7. The molecular formula is C24H31ClN4O5S. The van der Waals surface area contributed by atoms with Crippen molar-refractivity contribution in [3.8, 4) is 0 Å². The molecule has 2 aromatic carbocycles. The molecule has 2 aromatic rings. The van der Waals surface area contributed by atoms with E-state index in [1.165, 1.54) is 9.31 Å². The van der Waals surface area contributed by atoms with Crippen molar-refractivity contribution in [2.45, 2.75) is 50.2 Å². The van der Waals surface area contributed by atoms with Crippen molar-refractivity contribution in [2.75, 3.05) is 32.7 Å². The fourth-order valence-corrected chi connectivity index (χ4v) is 5.83. The number of rotatable bonds is 4. The molecule has 2 fully saturated rings. The van der Waals surface area contributed by atoms with E-state index >= 15 is 0 Å². The van der Waals surface area contributed by atoms with E-state index in [0.717, 1.165) is 10.8 Å². The zero-order chi connectivity index (χ0) is 25.4. The van der Waals surface area contributed by atoms with E-state index in [9.17, 15) is 18.0 Å². The SMILES string of the molecule is CC(C)(C)OC(=O)N1CCC(NN2CCN(S(=O)(=O)c3ccc4cc(Cl)ccc4c3)CC2=O)CC1. The lowest BCUT2D eigenvalue weighted by Crippen LogP contribution is -2.60. The van der Waals surface area contributed by atoms with Gasteiger partial charge in [-0.1, -0.05) is 23.7 Å². The summed E-state index contributed by atoms with van der Waals surface area (Å²) in [4.78, 5) is 26.9. The quantitative estimate of drug-likeness (QED) is 0.662. The molecule has 0 atom stereocenters. The molecule has 9 nitrogen and oxygen atoms in total. The number of fused-ring (bicyclic) bond motifs is 1. The Balaban J connectivity index is 1.33. The van der Waals surface area contributed by atoms with Gasteiger partial charge in [0.15, 0.2) is 0 Å². The Kier molecular flexibility index (Phi) is 7.28. The van der Waals surface area contributed by atoms with Gasteiger partial charge in [-0.15, -0.1) is 0 Å². The van der Waals surface area contributed by atoms with Crippen molar-refractivity contribution in [1.82, 2.24) is 19.6 Å². The molecule has 2 saturated heterocycles. The first-order valence-electron chi connectivity index (χ1n) is 11.7. The third-order valence-corrected chi connectivity index (χ3v) is 8.16. The summed E-state index contributed by atoms with van der Waals surface area (Å²) in [6.45, 7) is 6.77. The molecule has 0 aromatic heterocycles. The number of halogens is 1. The van der Waals surface area contributed by atoms with Crippen LogP contribution >= 0.6 is 11.6 Å². The molecule has 0 saturated carbocycles. The van der Waals surface area contributed by atoms with E-state index in [4.69, 9.17) is 16.3 Å². The zero-order valence-electron chi connectivity index (χ0n) is 20.2. The van der Waals surface area contributed by atoms with Gasteiger partial charge in [0.05, 0.1) is 18.0 Å². The van der Waals surface area contributed by atoms with E-state index in [1.807, 2.05) is 20.8 Å². The number of amides is 2. The number of hydrogen-bond donors (Lipinski definition) is 1. The number of nitrogens with one attached hydrogen (secondary N) is 1. The highest BCUT2D eigenvalue weighted by atomic mass is 35.5. The van der Waals surface area contributed by atoms with Crippen molar-refractivity contribution in [1.29, 1.82) is 0 Å². The molecule has 0 spiro atoms. The minimum Gasteiger partial charge on any atom is -0.444 e. The van der Waals surface area contributed by atoms with Gasteiger partial charge in [0.1, 0.15) is 5.60 Å². The first-order valence-corrected chi connectivity index (χ1v) is 13.5. The fourth-order valence-electron chi connectivity index (χ4n) is 4.24. The molecule has 0 bridgehead atoms. The topological polar surface area (TPSA) is 99.3 Å². The maximum absolute atomic E-state index is 13.2. The predicted octanol–water partition coefficient (Wildman–Crippen LogP) is 3.23. The molecule has 2 aliphatic rings. The van der Waals surface area contributed by atoms with Crippen molar-refractivity contribution in [3.05, 3.63) is 41.4 Å². The minimum atomic E-state index is -3.82. The van der Waals surface area contributed by atoms with Crippen LogP contribution in [0.25, 0.3) is 10.8 Å². The summed E-state index contributed by atoms with van der Waals surface area (Å²) in [6, 6.07) is 10.2. The second-order valence-electron chi connectivity index (χ2n) is 9.91. The van der Waals surface area contributed by atoms with E-state index in [-0.39, 0.29) is 42.6 Å². The van der Waals surface area contributed by atoms with Gasteiger partial charge in [0, 0.05) is 30.7 Å². The van der Waals surface area contributed by atoms with Gasteiger partial charge in [-0.3, -0.25) is 9.80 Å². The highest BCUT2D eigenvalue weighted by Gasteiger charge is 2.35. The van der Waals surface area contributed by atoms with Gasteiger partial charge < -0.3 is 9.64 Å². The van der Waals surface area contributed by atoms with Crippen LogP contribution in [0.3, 0.4) is 0 Å². The fraction of sp³-hybridized carbons (Fsp3) is 0.500. The van der Waals surface area contributed by atoms with Crippen LogP contribution in [0.15, 0.2) is 41.3 Å². The van der Waals surface area contributed by atoms with E-state index in [0.29, 0.717) is 31.0 Å². The Labute approximate surface area is 211 Å². The number of ether oxygens (including phenoxy) is 1. The summed E-state index contributed by atoms with van der Waals surface area (Å²) in [6.07, 6.45) is 1.01. The lowest BCUT2D eigenvalue weighted by atomic mass is 10.1. The maximum Gasteiger partial charge on any atom is 0.410 e. The van der Waals surface area contributed by atoms with Crippen molar-refractivity contribution < 1.29 is 22.7 Å². The molecule has 2 aliphatic heterocycles. The Morgan fingerprint density at radius 2 is 1.69 bits per heavy atom. The Bertz CT molecular complexity index is 1220. The van der Waals surface area contributed by atoms with Crippen LogP contribution in [0.2, 0.25) is 5.02 Å². The normalized spacial score (nSPS) is 18.8. The highest BCUT2D eigenvalue weighted by Crippen LogP contribution is 2.25. The van der Waals surface area contributed by atoms with Crippen LogP contribution in [0.5, 0.6) is 0 Å². The Morgan fingerprint density at radius 1 is 1.03 bits per heavy atom. The van der Waals surface area contributed by atoms with Gasteiger partial charge in [-0.05, 0) is 68.7 Å². The van der Waals surface area contributed by atoms with Crippen molar-refractivity contribution in [3.63, 3.8) is 0 Å². The number of piperidine rings is 1. The number of hydrazine groups is 1. The molecule has 0 unspecified atom stereocenters. The molecule has 0 radical (unpaired) electrons. The summed E-state index contributed by atoms with van der Waals surface area (Å²) in [7, 11) is -3.82. The highest BCUT2D eigenvalue weighted by molar-refractivity contribution is 7.89. The van der Waals surface area contributed by atoms with Crippen LogP contribution in [0.1, 0.15) is 33.6 Å². The molecular weight excluding hydrogens is 492 g/mol. The molecule has 4 rings (SSSR count). The Morgan fingerprint density at radius 3 is 2.34 bits per heavy atom. The second-order valence-corrected chi connectivity index (χ2v) is 12.3. The molecule has 35 heavy (non-hydrogen) atoms. The van der Waals surface area contributed by atoms with Gasteiger partial charge in [-0.2, -0.15) is 4.31 Å². The smallest absolute Gasteiger partial charge is 0.410 e. The summed E-state index contributed by atoms with van der Waals surface area (Å²) < 4.78 is 33.0. The molecule has 0 aliphatic carbocycles. The third-order valence-electron chi connectivity index (χ3n) is 6.08. The summed E-state index contributed by atoms with van der Waals surface area (Å²) >= 11 is 6.02. The number of nitrogens with zero attached hydrogens (tertiary/aromatic N) is 3. The second kappa shape index (κ2) is 9.93. The molecule has 2 heterocycles. The first kappa shape index (κ1) is 25.7. The third kappa shape index (κ3) is 6.06. The molecule has 1 N–H and O–H groups in total. The van der Waals surface area contributed by atoms with E-state index in [1.54, 1.807) is 41.3 Å². The number of sulfonamides is 1. The van der Waals surface area contributed by atoms with Crippen LogP contribution in [-0.4, -0.2) is 79.0 Å². The van der Waals surface area contributed by atoms with Gasteiger partial charge in [0.25, 0.3) is 5.91 Å². The standard InChI is InChI=1S/C24H31ClN4O5S/c1-24(2,3)34-23(31)27-10-8-20(9-11-27)26-29-13-12-28(16-22(29)30)35(32,33)21-7-5-17-14-19(25)6-4-18(17)15-21/h4-7,14-15,20,26H,8-13,16H2,1-3H3. The van der Waals surface area contributed by atoms with E-state index in [2.05, 4.69) is 5.43 Å². The van der Waals surface area contributed by atoms with Crippen LogP contribution in [0.4, 0.5) is 4.79 Å². The largest absolute Gasteiger partial charge is 0.444 e. The van der Waals surface area contributed by atoms with Gasteiger partial charge in [-0.25, -0.2) is 18.6 Å². The maximum atomic E-state index is 13.2. The summed E-state index contributed by atoms with van der Waals surface area (Å²) in [5.41, 5.74) is 2.69.